The van der Waals surface area contributed by atoms with Gasteiger partial charge in [0.05, 0.1) is 12.2 Å². The van der Waals surface area contributed by atoms with Gasteiger partial charge >= 0.3 is 6.18 Å². The first kappa shape index (κ1) is 15.0. The Morgan fingerprint density at radius 2 is 1.83 bits per heavy atom. The van der Waals surface area contributed by atoms with Crippen molar-refractivity contribution in [3.63, 3.8) is 0 Å². The smallest absolute Gasteiger partial charge is 0.395 e. The molecule has 1 aromatic carbocycles. The molecule has 0 heterocycles. The van der Waals surface area contributed by atoms with Crippen LogP contribution in [-0.4, -0.2) is 29.2 Å². The monoisotopic (exact) mass is 261 g/mol. The quantitative estimate of drug-likeness (QED) is 0.881. The van der Waals surface area contributed by atoms with Crippen molar-refractivity contribution in [2.75, 3.05) is 13.2 Å². The SMILES string of the molecule is CC(C)N(CCO)Cc1ccccc1C(F)(F)F. The van der Waals surface area contributed by atoms with Gasteiger partial charge in [0.1, 0.15) is 0 Å². The molecule has 0 atom stereocenters. The second-order valence-electron chi connectivity index (χ2n) is 4.44. The van der Waals surface area contributed by atoms with E-state index >= 15 is 0 Å². The van der Waals surface area contributed by atoms with Crippen LogP contribution in [0.4, 0.5) is 13.2 Å². The maximum Gasteiger partial charge on any atom is 0.416 e. The third-order valence-electron chi connectivity index (χ3n) is 2.81. The van der Waals surface area contributed by atoms with Crippen LogP contribution < -0.4 is 0 Å². The van der Waals surface area contributed by atoms with Crippen molar-refractivity contribution in [3.05, 3.63) is 35.4 Å². The van der Waals surface area contributed by atoms with Crippen LogP contribution in [0, 0.1) is 0 Å². The minimum Gasteiger partial charge on any atom is -0.395 e. The fraction of sp³-hybridized carbons (Fsp3) is 0.538. The van der Waals surface area contributed by atoms with E-state index in [4.69, 9.17) is 5.11 Å². The predicted molar refractivity (Wildman–Crippen MR) is 64.1 cm³/mol. The van der Waals surface area contributed by atoms with Crippen LogP contribution in [0.3, 0.4) is 0 Å². The van der Waals surface area contributed by atoms with Gasteiger partial charge in [-0.05, 0) is 25.5 Å². The number of aliphatic hydroxyl groups is 1. The molecule has 1 aromatic rings. The fourth-order valence-electron chi connectivity index (χ4n) is 1.80. The van der Waals surface area contributed by atoms with E-state index in [1.807, 2.05) is 18.7 Å². The molecule has 0 aliphatic rings. The largest absolute Gasteiger partial charge is 0.416 e. The maximum atomic E-state index is 12.8. The predicted octanol–water partition coefficient (Wildman–Crippen LogP) is 2.91. The normalized spacial score (nSPS) is 12.4. The van der Waals surface area contributed by atoms with Gasteiger partial charge in [0.25, 0.3) is 0 Å². The summed E-state index contributed by atoms with van der Waals surface area (Å²) >= 11 is 0. The third-order valence-corrected chi connectivity index (χ3v) is 2.81. The summed E-state index contributed by atoms with van der Waals surface area (Å²) in [4.78, 5) is 1.81. The number of benzene rings is 1. The summed E-state index contributed by atoms with van der Waals surface area (Å²) in [5.74, 6) is 0. The first-order valence-electron chi connectivity index (χ1n) is 5.86. The third kappa shape index (κ3) is 3.99. The molecular weight excluding hydrogens is 243 g/mol. The molecule has 5 heteroatoms. The van der Waals surface area contributed by atoms with Crippen LogP contribution in [0.2, 0.25) is 0 Å². The molecule has 0 saturated carbocycles. The Morgan fingerprint density at radius 3 is 2.33 bits per heavy atom. The van der Waals surface area contributed by atoms with Gasteiger partial charge in [-0.3, -0.25) is 4.90 Å². The van der Waals surface area contributed by atoms with Gasteiger partial charge in [-0.1, -0.05) is 18.2 Å². The van der Waals surface area contributed by atoms with Crippen LogP contribution in [-0.2, 0) is 12.7 Å². The zero-order valence-corrected chi connectivity index (χ0v) is 10.5. The Labute approximate surface area is 105 Å². The number of rotatable bonds is 5. The number of aliphatic hydroxyl groups excluding tert-OH is 1. The van der Waals surface area contributed by atoms with Crippen molar-refractivity contribution >= 4 is 0 Å². The van der Waals surface area contributed by atoms with Crippen molar-refractivity contribution in [3.8, 4) is 0 Å². The number of alkyl halides is 3. The second-order valence-corrected chi connectivity index (χ2v) is 4.44. The van der Waals surface area contributed by atoms with Crippen molar-refractivity contribution in [2.24, 2.45) is 0 Å². The Kier molecular flexibility index (Phi) is 5.16. The first-order valence-corrected chi connectivity index (χ1v) is 5.86. The molecule has 0 aliphatic carbocycles. The summed E-state index contributed by atoms with van der Waals surface area (Å²) in [6.07, 6.45) is -4.33. The van der Waals surface area contributed by atoms with E-state index < -0.39 is 11.7 Å². The molecule has 18 heavy (non-hydrogen) atoms. The van der Waals surface area contributed by atoms with Crippen molar-refractivity contribution in [2.45, 2.75) is 32.6 Å². The second kappa shape index (κ2) is 6.20. The number of hydrogen-bond donors (Lipinski definition) is 1. The summed E-state index contributed by atoms with van der Waals surface area (Å²) < 4.78 is 38.5. The van der Waals surface area contributed by atoms with Crippen molar-refractivity contribution in [1.29, 1.82) is 0 Å². The van der Waals surface area contributed by atoms with Crippen molar-refractivity contribution in [1.82, 2.24) is 4.90 Å². The average Bonchev–Trinajstić information content (AvgIpc) is 2.27. The van der Waals surface area contributed by atoms with Crippen LogP contribution in [0.25, 0.3) is 0 Å². The van der Waals surface area contributed by atoms with E-state index in [1.54, 1.807) is 6.07 Å². The van der Waals surface area contributed by atoms with Gasteiger partial charge in [-0.25, -0.2) is 0 Å². The molecule has 0 bridgehead atoms. The molecule has 0 saturated heterocycles. The summed E-state index contributed by atoms with van der Waals surface area (Å²) in [7, 11) is 0. The van der Waals surface area contributed by atoms with Gasteiger partial charge in [0, 0.05) is 19.1 Å². The molecular formula is C13H18F3NO. The molecule has 0 amide bonds. The van der Waals surface area contributed by atoms with E-state index in [0.717, 1.165) is 6.07 Å². The summed E-state index contributed by atoms with van der Waals surface area (Å²) in [5, 5.41) is 8.93. The average molecular weight is 261 g/mol. The number of nitrogens with zero attached hydrogens (tertiary/aromatic N) is 1. The molecule has 2 nitrogen and oxygen atoms in total. The minimum atomic E-state index is -4.33. The molecule has 102 valence electrons. The highest BCUT2D eigenvalue weighted by molar-refractivity contribution is 5.29. The highest BCUT2D eigenvalue weighted by atomic mass is 19.4. The van der Waals surface area contributed by atoms with E-state index in [-0.39, 0.29) is 24.8 Å². The van der Waals surface area contributed by atoms with E-state index in [9.17, 15) is 13.2 Å². The lowest BCUT2D eigenvalue weighted by Crippen LogP contribution is -2.33. The number of halogens is 3. The fourth-order valence-corrected chi connectivity index (χ4v) is 1.80. The first-order chi connectivity index (χ1) is 8.36. The van der Waals surface area contributed by atoms with Gasteiger partial charge in [-0.2, -0.15) is 13.2 Å². The topological polar surface area (TPSA) is 23.5 Å². The molecule has 0 fully saturated rings. The lowest BCUT2D eigenvalue weighted by atomic mass is 10.1. The van der Waals surface area contributed by atoms with Crippen molar-refractivity contribution < 1.29 is 18.3 Å². The highest BCUT2D eigenvalue weighted by Crippen LogP contribution is 2.32. The molecule has 0 unspecified atom stereocenters. The minimum absolute atomic E-state index is 0.0631. The molecule has 1 rings (SSSR count). The van der Waals surface area contributed by atoms with Crippen LogP contribution in [0.15, 0.2) is 24.3 Å². The lowest BCUT2D eigenvalue weighted by Gasteiger charge is -2.27. The van der Waals surface area contributed by atoms with E-state index in [1.165, 1.54) is 12.1 Å². The van der Waals surface area contributed by atoms with Gasteiger partial charge in [0.2, 0.25) is 0 Å². The Bertz CT molecular complexity index is 377. The molecule has 1 N–H and O–H groups in total. The maximum absolute atomic E-state index is 12.8. The van der Waals surface area contributed by atoms with Gasteiger partial charge < -0.3 is 5.11 Å². The lowest BCUT2D eigenvalue weighted by molar-refractivity contribution is -0.138. The highest BCUT2D eigenvalue weighted by Gasteiger charge is 2.33. The standard InChI is InChI=1S/C13H18F3NO/c1-10(2)17(7-8-18)9-11-5-3-4-6-12(11)13(14,15)16/h3-6,10,18H,7-9H2,1-2H3. The Balaban J connectivity index is 2.96. The van der Waals surface area contributed by atoms with Crippen LogP contribution in [0.5, 0.6) is 0 Å². The summed E-state index contributed by atoms with van der Waals surface area (Å²) in [5.41, 5.74) is -0.360. The van der Waals surface area contributed by atoms with E-state index in [2.05, 4.69) is 0 Å². The Morgan fingerprint density at radius 1 is 1.22 bits per heavy atom. The van der Waals surface area contributed by atoms with Crippen LogP contribution >= 0.6 is 0 Å². The summed E-state index contributed by atoms with van der Waals surface area (Å²) in [6, 6.07) is 5.64. The molecule has 0 aliphatic heterocycles. The molecule has 0 radical (unpaired) electrons. The zero-order chi connectivity index (χ0) is 13.8. The van der Waals surface area contributed by atoms with Gasteiger partial charge in [-0.15, -0.1) is 0 Å². The van der Waals surface area contributed by atoms with E-state index in [0.29, 0.717) is 6.54 Å². The summed E-state index contributed by atoms with van der Waals surface area (Å²) in [6.45, 7) is 4.28. The van der Waals surface area contributed by atoms with Gasteiger partial charge in [0.15, 0.2) is 0 Å². The molecule has 0 aromatic heterocycles. The Hall–Kier alpha value is -1.07. The molecule has 0 spiro atoms. The number of hydrogen-bond acceptors (Lipinski definition) is 2. The van der Waals surface area contributed by atoms with Crippen LogP contribution in [0.1, 0.15) is 25.0 Å². The zero-order valence-electron chi connectivity index (χ0n) is 10.5.